The normalized spacial score (nSPS) is 13.3. The SMILES string of the molecule is NS(=O)(=O)c1ccc2c(c1)C(=O)C(=O)N2Cc1ccccc1C(=O)O.O=S(=O)(O)c1ccc2[nH]ccc2c1. The number of carboxylic acid groups (broad SMARTS) is 1. The summed E-state index contributed by atoms with van der Waals surface area (Å²) >= 11 is 0. The van der Waals surface area contributed by atoms with Crippen molar-refractivity contribution >= 4 is 54.4 Å². The van der Waals surface area contributed by atoms with Gasteiger partial charge in [0.2, 0.25) is 10.0 Å². The summed E-state index contributed by atoms with van der Waals surface area (Å²) < 4.78 is 53.1. The number of amides is 1. The number of nitrogens with two attached hydrogens (primary N) is 1. The second-order valence-electron chi connectivity index (χ2n) is 8.11. The number of hydrogen-bond acceptors (Lipinski definition) is 7. The van der Waals surface area contributed by atoms with E-state index in [0.717, 1.165) is 21.9 Å². The smallest absolute Gasteiger partial charge is 0.336 e. The number of carbonyl (C=O) groups excluding carboxylic acids is 2. The Morgan fingerprint density at radius 3 is 2.26 bits per heavy atom. The van der Waals surface area contributed by atoms with Crippen molar-refractivity contribution in [3.05, 3.63) is 89.6 Å². The lowest BCUT2D eigenvalue weighted by Crippen LogP contribution is -2.29. The van der Waals surface area contributed by atoms with Crippen molar-refractivity contribution in [1.29, 1.82) is 0 Å². The molecule has 1 amide bonds. The van der Waals surface area contributed by atoms with Crippen LogP contribution in [0.15, 0.2) is 82.7 Å². The number of hydrogen-bond donors (Lipinski definition) is 4. The minimum atomic E-state index is -4.09. The Morgan fingerprint density at radius 2 is 1.61 bits per heavy atom. The maximum absolute atomic E-state index is 12.3. The van der Waals surface area contributed by atoms with Crippen LogP contribution in [0.25, 0.3) is 10.9 Å². The van der Waals surface area contributed by atoms with Crippen LogP contribution in [0.2, 0.25) is 0 Å². The van der Waals surface area contributed by atoms with Crippen LogP contribution < -0.4 is 10.0 Å². The monoisotopic (exact) mass is 557 g/mol. The molecule has 0 spiro atoms. The number of ketones is 1. The molecule has 0 atom stereocenters. The first-order valence-corrected chi connectivity index (χ1v) is 13.6. The zero-order chi connectivity index (χ0) is 27.8. The standard InChI is InChI=1S/C16H12N2O6S.C8H7NO3S/c17-25(23,24)10-5-6-13-12(7-10)14(19)15(20)18(13)8-9-3-1-2-4-11(9)16(21)22;10-13(11,12)7-1-2-8-6(5-7)3-4-9-8/h1-7H,8H2,(H,21,22)(H2,17,23,24);1-5,9H,(H,10,11,12). The van der Waals surface area contributed by atoms with E-state index in [1.807, 2.05) is 0 Å². The number of benzene rings is 3. The number of nitrogens with one attached hydrogen (secondary N) is 1. The van der Waals surface area contributed by atoms with Crippen molar-refractivity contribution in [1.82, 2.24) is 4.98 Å². The van der Waals surface area contributed by atoms with Gasteiger partial charge in [-0.3, -0.25) is 14.1 Å². The van der Waals surface area contributed by atoms with Crippen molar-refractivity contribution in [3.63, 3.8) is 0 Å². The molecule has 5 N–H and O–H groups in total. The average molecular weight is 558 g/mol. The summed E-state index contributed by atoms with van der Waals surface area (Å²) in [6, 6.07) is 15.8. The molecule has 0 unspecified atom stereocenters. The fourth-order valence-electron chi connectivity index (χ4n) is 3.84. The van der Waals surface area contributed by atoms with E-state index in [1.165, 1.54) is 36.4 Å². The van der Waals surface area contributed by atoms with Gasteiger partial charge in [-0.15, -0.1) is 0 Å². The molecule has 14 heteroatoms. The lowest BCUT2D eigenvalue weighted by molar-refractivity contribution is -0.114. The topological polar surface area (TPSA) is 205 Å². The van der Waals surface area contributed by atoms with Crippen molar-refractivity contribution in [2.24, 2.45) is 5.14 Å². The second-order valence-corrected chi connectivity index (χ2v) is 11.1. The zero-order valence-electron chi connectivity index (χ0n) is 19.2. The van der Waals surface area contributed by atoms with E-state index in [0.29, 0.717) is 5.56 Å². The van der Waals surface area contributed by atoms with Gasteiger partial charge in [-0.1, -0.05) is 18.2 Å². The van der Waals surface area contributed by atoms with Crippen LogP contribution in [0.4, 0.5) is 5.69 Å². The molecular weight excluding hydrogens is 538 g/mol. The van der Waals surface area contributed by atoms with E-state index in [1.54, 1.807) is 30.5 Å². The molecule has 0 aliphatic carbocycles. The molecule has 196 valence electrons. The molecule has 0 fully saturated rings. The maximum atomic E-state index is 12.3. The highest BCUT2D eigenvalue weighted by atomic mass is 32.2. The summed E-state index contributed by atoms with van der Waals surface area (Å²) in [6.45, 7) is -0.130. The summed E-state index contributed by atoms with van der Waals surface area (Å²) in [6.07, 6.45) is 1.71. The summed E-state index contributed by atoms with van der Waals surface area (Å²) in [4.78, 5) is 39.4. The lowest BCUT2D eigenvalue weighted by atomic mass is 10.1. The van der Waals surface area contributed by atoms with Crippen LogP contribution in [0.5, 0.6) is 0 Å². The fraction of sp³-hybridized carbons (Fsp3) is 0.0417. The van der Waals surface area contributed by atoms with Gasteiger partial charge < -0.3 is 15.0 Å². The van der Waals surface area contributed by atoms with Crippen molar-refractivity contribution < 1.29 is 40.9 Å². The first kappa shape index (κ1) is 26.7. The lowest BCUT2D eigenvalue weighted by Gasteiger charge is -2.18. The van der Waals surface area contributed by atoms with Gasteiger partial charge in [-0.25, -0.2) is 18.4 Å². The first-order valence-electron chi connectivity index (χ1n) is 10.7. The van der Waals surface area contributed by atoms with Gasteiger partial charge in [0.25, 0.3) is 21.8 Å². The molecular formula is C24H19N3O9S2. The predicted octanol–water partition coefficient (Wildman–Crippen LogP) is 2.18. The first-order chi connectivity index (χ1) is 17.8. The maximum Gasteiger partial charge on any atom is 0.336 e. The number of aromatic nitrogens is 1. The van der Waals surface area contributed by atoms with E-state index in [4.69, 9.17) is 9.69 Å². The highest BCUT2D eigenvalue weighted by Gasteiger charge is 2.37. The van der Waals surface area contributed by atoms with Crippen LogP contribution in [0, 0.1) is 0 Å². The van der Waals surface area contributed by atoms with Gasteiger partial charge in [0.15, 0.2) is 0 Å². The van der Waals surface area contributed by atoms with E-state index in [9.17, 15) is 36.3 Å². The number of Topliss-reactive ketones (excluding diaryl/α,β-unsaturated/α-hetero) is 1. The molecule has 2 heterocycles. The molecule has 4 aromatic rings. The molecule has 0 bridgehead atoms. The molecule has 0 saturated carbocycles. The number of aromatic amines is 1. The number of aromatic carboxylic acids is 1. The summed E-state index contributed by atoms with van der Waals surface area (Å²) in [5.74, 6) is -2.88. The molecule has 3 aromatic carbocycles. The average Bonchev–Trinajstić information content (AvgIpc) is 3.42. The molecule has 1 aromatic heterocycles. The molecule has 1 aliphatic heterocycles. The number of carbonyl (C=O) groups is 3. The van der Waals surface area contributed by atoms with Crippen molar-refractivity contribution in [2.45, 2.75) is 16.3 Å². The quantitative estimate of drug-likeness (QED) is 0.209. The predicted molar refractivity (Wildman–Crippen MR) is 135 cm³/mol. The Balaban J connectivity index is 0.000000216. The van der Waals surface area contributed by atoms with Crippen molar-refractivity contribution in [2.75, 3.05) is 4.90 Å². The molecule has 5 rings (SSSR count). The number of carboxylic acids is 1. The van der Waals surface area contributed by atoms with Gasteiger partial charge in [0.05, 0.1) is 33.2 Å². The Labute approximate surface area is 216 Å². The van der Waals surface area contributed by atoms with Crippen LogP contribution in [0.1, 0.15) is 26.3 Å². The van der Waals surface area contributed by atoms with Crippen LogP contribution >= 0.6 is 0 Å². The minimum Gasteiger partial charge on any atom is -0.478 e. The Bertz CT molecular complexity index is 1830. The van der Waals surface area contributed by atoms with Crippen LogP contribution in [-0.2, 0) is 31.5 Å². The van der Waals surface area contributed by atoms with Gasteiger partial charge in [0, 0.05) is 17.1 Å². The number of primary sulfonamides is 1. The highest BCUT2D eigenvalue weighted by molar-refractivity contribution is 7.89. The largest absolute Gasteiger partial charge is 0.478 e. The third-order valence-electron chi connectivity index (χ3n) is 5.67. The fourth-order valence-corrected chi connectivity index (χ4v) is 4.90. The van der Waals surface area contributed by atoms with Crippen LogP contribution in [0.3, 0.4) is 0 Å². The third kappa shape index (κ3) is 5.33. The molecule has 0 radical (unpaired) electrons. The number of sulfonamides is 1. The number of fused-ring (bicyclic) bond motifs is 2. The Hall–Kier alpha value is -4.37. The molecule has 0 saturated heterocycles. The number of H-pyrrole nitrogens is 1. The van der Waals surface area contributed by atoms with Crippen molar-refractivity contribution in [3.8, 4) is 0 Å². The van der Waals surface area contributed by atoms with Crippen LogP contribution in [-0.4, -0.2) is 49.1 Å². The molecule has 1 aliphatic rings. The second kappa shape index (κ2) is 9.83. The summed E-state index contributed by atoms with van der Waals surface area (Å²) in [5.41, 5.74) is 1.33. The van der Waals surface area contributed by atoms with Gasteiger partial charge in [-0.2, -0.15) is 8.42 Å². The van der Waals surface area contributed by atoms with Gasteiger partial charge in [-0.05, 0) is 54.1 Å². The minimum absolute atomic E-state index is 0.0114. The number of rotatable bonds is 5. The summed E-state index contributed by atoms with van der Waals surface area (Å²) in [5, 5.41) is 15.0. The zero-order valence-corrected chi connectivity index (χ0v) is 20.9. The number of nitrogens with zero attached hydrogens (tertiary/aromatic N) is 1. The van der Waals surface area contributed by atoms with Gasteiger partial charge >= 0.3 is 5.97 Å². The summed E-state index contributed by atoms with van der Waals surface area (Å²) in [7, 11) is -8.11. The third-order valence-corrected chi connectivity index (χ3v) is 7.43. The van der Waals surface area contributed by atoms with E-state index in [2.05, 4.69) is 4.98 Å². The number of anilines is 1. The molecule has 12 nitrogen and oxygen atoms in total. The van der Waals surface area contributed by atoms with E-state index in [-0.39, 0.29) is 33.2 Å². The molecule has 38 heavy (non-hydrogen) atoms. The Morgan fingerprint density at radius 1 is 0.921 bits per heavy atom. The highest BCUT2D eigenvalue weighted by Crippen LogP contribution is 2.32. The van der Waals surface area contributed by atoms with Gasteiger partial charge in [0.1, 0.15) is 0 Å². The Kier molecular flexibility index (Phi) is 6.90. The van der Waals surface area contributed by atoms with E-state index < -0.39 is 37.8 Å². The van der Waals surface area contributed by atoms with E-state index >= 15 is 0 Å².